The van der Waals surface area contributed by atoms with Crippen LogP contribution in [-0.4, -0.2) is 22.6 Å². The summed E-state index contributed by atoms with van der Waals surface area (Å²) in [5.74, 6) is -1.17. The molecular weight excluding hydrogens is 268 g/mol. The van der Waals surface area contributed by atoms with Gasteiger partial charge in [-0.25, -0.2) is 0 Å². The van der Waals surface area contributed by atoms with Gasteiger partial charge in [-0.05, 0) is 18.6 Å². The zero-order valence-electron chi connectivity index (χ0n) is 11.3. The van der Waals surface area contributed by atoms with E-state index < -0.39 is 5.92 Å². The van der Waals surface area contributed by atoms with Crippen molar-refractivity contribution < 1.29 is 14.4 Å². The van der Waals surface area contributed by atoms with E-state index in [9.17, 15) is 14.4 Å². The quantitative estimate of drug-likeness (QED) is 0.688. The lowest BCUT2D eigenvalue weighted by Gasteiger charge is -2.19. The molecule has 21 heavy (non-hydrogen) atoms. The Morgan fingerprint density at radius 1 is 1.29 bits per heavy atom. The largest absolute Gasteiger partial charge is 0.296 e. The normalized spacial score (nSPS) is 18.6. The number of hydrogen-bond acceptors (Lipinski definition) is 4. The molecule has 0 spiro atoms. The lowest BCUT2D eigenvalue weighted by molar-refractivity contribution is -0.136. The highest BCUT2D eigenvalue weighted by molar-refractivity contribution is 6.04. The maximum absolute atomic E-state index is 12.3. The second-order valence-corrected chi connectivity index (χ2v) is 5.19. The molecule has 1 atom stereocenters. The van der Waals surface area contributed by atoms with Gasteiger partial charge in [0.1, 0.15) is 0 Å². The summed E-state index contributed by atoms with van der Waals surface area (Å²) < 4.78 is 0. The van der Waals surface area contributed by atoms with Crippen molar-refractivity contribution in [1.29, 1.82) is 0 Å². The zero-order valence-corrected chi connectivity index (χ0v) is 11.3. The van der Waals surface area contributed by atoms with E-state index in [2.05, 4.69) is 10.3 Å². The van der Waals surface area contributed by atoms with E-state index in [1.165, 1.54) is 6.20 Å². The molecule has 1 aromatic heterocycles. The van der Waals surface area contributed by atoms with Crippen LogP contribution in [0, 0.1) is 5.92 Å². The number of amides is 2. The Morgan fingerprint density at radius 2 is 2.10 bits per heavy atom. The highest BCUT2D eigenvalue weighted by atomic mass is 16.2. The minimum atomic E-state index is -0.429. The van der Waals surface area contributed by atoms with E-state index in [1.54, 1.807) is 6.07 Å². The first-order valence-corrected chi connectivity index (χ1v) is 6.85. The van der Waals surface area contributed by atoms with Crippen LogP contribution in [-0.2, 0) is 9.59 Å². The molecule has 1 N–H and O–H groups in total. The summed E-state index contributed by atoms with van der Waals surface area (Å²) in [6, 6.07) is 9.34. The van der Waals surface area contributed by atoms with Gasteiger partial charge in [0.15, 0.2) is 5.78 Å². The van der Waals surface area contributed by atoms with Crippen LogP contribution in [0.15, 0.2) is 36.5 Å². The number of para-hydroxylation sites is 1. The topological polar surface area (TPSA) is 76.1 Å². The molecule has 2 amide bonds. The first kappa shape index (κ1) is 13.4. The number of nitrogens with zero attached hydrogens (tertiary/aromatic N) is 1. The number of ketones is 1. The molecule has 0 saturated carbocycles. The number of imide groups is 1. The smallest absolute Gasteiger partial charge is 0.230 e. The molecule has 2 heterocycles. The molecule has 2 aromatic rings. The molecule has 1 unspecified atom stereocenters. The molecule has 1 fully saturated rings. The zero-order chi connectivity index (χ0) is 14.8. The predicted octanol–water partition coefficient (Wildman–Crippen LogP) is 1.86. The minimum Gasteiger partial charge on any atom is -0.296 e. The number of carbonyl (C=O) groups is 3. The van der Waals surface area contributed by atoms with Crippen LogP contribution in [0.5, 0.6) is 0 Å². The Kier molecular flexibility index (Phi) is 3.48. The summed E-state index contributed by atoms with van der Waals surface area (Å²) >= 11 is 0. The van der Waals surface area contributed by atoms with Crippen LogP contribution in [0.4, 0.5) is 0 Å². The SMILES string of the molecule is O=C1CCC(CC(=O)c2cnc3ccccc3c2)C(=O)N1. The summed E-state index contributed by atoms with van der Waals surface area (Å²) in [6.45, 7) is 0. The summed E-state index contributed by atoms with van der Waals surface area (Å²) in [7, 11) is 0. The van der Waals surface area contributed by atoms with Gasteiger partial charge in [0.25, 0.3) is 0 Å². The maximum Gasteiger partial charge on any atom is 0.230 e. The molecule has 106 valence electrons. The Hall–Kier alpha value is -2.56. The second kappa shape index (κ2) is 5.44. The Bertz CT molecular complexity index is 739. The lowest BCUT2D eigenvalue weighted by Crippen LogP contribution is -2.41. The highest BCUT2D eigenvalue weighted by Gasteiger charge is 2.28. The molecule has 5 heteroatoms. The molecule has 3 rings (SSSR count). The van der Waals surface area contributed by atoms with Gasteiger partial charge < -0.3 is 0 Å². The van der Waals surface area contributed by atoms with Crippen LogP contribution >= 0.6 is 0 Å². The molecular formula is C16H14N2O3. The predicted molar refractivity (Wildman–Crippen MR) is 76.6 cm³/mol. The molecule has 0 radical (unpaired) electrons. The van der Waals surface area contributed by atoms with Crippen LogP contribution in [0.3, 0.4) is 0 Å². The van der Waals surface area contributed by atoms with Crippen molar-refractivity contribution in [3.05, 3.63) is 42.1 Å². The summed E-state index contributed by atoms with van der Waals surface area (Å²) in [4.78, 5) is 39.3. The Morgan fingerprint density at radius 3 is 2.90 bits per heavy atom. The van der Waals surface area contributed by atoms with Gasteiger partial charge in [-0.15, -0.1) is 0 Å². The van der Waals surface area contributed by atoms with Gasteiger partial charge in [0.05, 0.1) is 5.52 Å². The highest BCUT2D eigenvalue weighted by Crippen LogP contribution is 2.20. The van der Waals surface area contributed by atoms with Crippen molar-refractivity contribution in [2.75, 3.05) is 0 Å². The fourth-order valence-electron chi connectivity index (χ4n) is 2.50. The summed E-state index contributed by atoms with van der Waals surface area (Å²) in [5, 5.41) is 3.17. The molecule has 0 aliphatic carbocycles. The van der Waals surface area contributed by atoms with Crippen molar-refractivity contribution in [2.45, 2.75) is 19.3 Å². The Labute approximate surface area is 121 Å². The van der Waals surface area contributed by atoms with E-state index >= 15 is 0 Å². The van der Waals surface area contributed by atoms with E-state index in [0.29, 0.717) is 18.4 Å². The van der Waals surface area contributed by atoms with Gasteiger partial charge in [0, 0.05) is 35.9 Å². The third-order valence-corrected chi connectivity index (χ3v) is 3.70. The van der Waals surface area contributed by atoms with E-state index in [-0.39, 0.29) is 24.0 Å². The van der Waals surface area contributed by atoms with E-state index in [1.807, 2.05) is 24.3 Å². The standard InChI is InChI=1S/C16H14N2O3/c19-14(8-11-5-6-15(20)18-16(11)21)12-7-10-3-1-2-4-13(10)17-9-12/h1-4,7,9,11H,5-6,8H2,(H,18,20,21). The first-order valence-electron chi connectivity index (χ1n) is 6.85. The number of Topliss-reactive ketones (excluding diaryl/α,β-unsaturated/α-hetero) is 1. The van der Waals surface area contributed by atoms with Crippen LogP contribution in [0.2, 0.25) is 0 Å². The fraction of sp³-hybridized carbons (Fsp3) is 0.250. The Balaban J connectivity index is 1.77. The molecule has 1 saturated heterocycles. The fourth-order valence-corrected chi connectivity index (χ4v) is 2.50. The number of hydrogen-bond donors (Lipinski definition) is 1. The molecule has 1 aliphatic heterocycles. The van der Waals surface area contributed by atoms with Gasteiger partial charge in [0.2, 0.25) is 11.8 Å². The van der Waals surface area contributed by atoms with Gasteiger partial charge in [-0.2, -0.15) is 0 Å². The summed E-state index contributed by atoms with van der Waals surface area (Å²) in [5.41, 5.74) is 1.33. The number of carbonyl (C=O) groups excluding carboxylic acids is 3. The number of aromatic nitrogens is 1. The molecule has 1 aromatic carbocycles. The summed E-state index contributed by atoms with van der Waals surface area (Å²) in [6.07, 6.45) is 2.37. The number of piperidine rings is 1. The van der Waals surface area contributed by atoms with Crippen molar-refractivity contribution in [2.24, 2.45) is 5.92 Å². The molecule has 5 nitrogen and oxygen atoms in total. The average molecular weight is 282 g/mol. The number of rotatable bonds is 3. The van der Waals surface area contributed by atoms with Gasteiger partial charge in [-0.1, -0.05) is 18.2 Å². The van der Waals surface area contributed by atoms with Gasteiger partial charge in [-0.3, -0.25) is 24.7 Å². The van der Waals surface area contributed by atoms with Gasteiger partial charge >= 0.3 is 0 Å². The first-order chi connectivity index (χ1) is 10.1. The molecule has 1 aliphatic rings. The second-order valence-electron chi connectivity index (χ2n) is 5.19. The van der Waals surface area contributed by atoms with Crippen molar-refractivity contribution >= 4 is 28.5 Å². The van der Waals surface area contributed by atoms with Crippen molar-refractivity contribution in [1.82, 2.24) is 10.3 Å². The van der Waals surface area contributed by atoms with E-state index in [0.717, 1.165) is 10.9 Å². The third kappa shape index (κ3) is 2.81. The maximum atomic E-state index is 12.3. The monoisotopic (exact) mass is 282 g/mol. The van der Waals surface area contributed by atoms with Crippen molar-refractivity contribution in [3.63, 3.8) is 0 Å². The number of benzene rings is 1. The average Bonchev–Trinajstić information content (AvgIpc) is 2.49. The van der Waals surface area contributed by atoms with Crippen LogP contribution in [0.1, 0.15) is 29.6 Å². The molecule has 0 bridgehead atoms. The minimum absolute atomic E-state index is 0.110. The van der Waals surface area contributed by atoms with Crippen LogP contribution < -0.4 is 5.32 Å². The number of pyridine rings is 1. The number of nitrogens with one attached hydrogen (secondary N) is 1. The third-order valence-electron chi connectivity index (χ3n) is 3.70. The van der Waals surface area contributed by atoms with Crippen molar-refractivity contribution in [3.8, 4) is 0 Å². The lowest BCUT2D eigenvalue weighted by atomic mass is 9.91. The van der Waals surface area contributed by atoms with Crippen LogP contribution in [0.25, 0.3) is 10.9 Å². The number of fused-ring (bicyclic) bond motifs is 1. The van der Waals surface area contributed by atoms with E-state index in [4.69, 9.17) is 0 Å².